The van der Waals surface area contributed by atoms with Crippen LogP contribution in [0.2, 0.25) is 0 Å². The highest BCUT2D eigenvalue weighted by Gasteiger charge is 2.31. The van der Waals surface area contributed by atoms with Crippen LogP contribution in [-0.2, 0) is 10.9 Å². The van der Waals surface area contributed by atoms with E-state index in [0.29, 0.717) is 13.0 Å². The predicted octanol–water partition coefficient (Wildman–Crippen LogP) is 1.81. The van der Waals surface area contributed by atoms with Gasteiger partial charge in [0.15, 0.2) is 0 Å². The second kappa shape index (κ2) is 6.44. The van der Waals surface area contributed by atoms with E-state index in [2.05, 4.69) is 10.6 Å². The number of methoxy groups -OCH3 is 1. The van der Waals surface area contributed by atoms with Gasteiger partial charge in [-0.1, -0.05) is 6.07 Å². The maximum absolute atomic E-state index is 12.6. The zero-order chi connectivity index (χ0) is 15.5. The summed E-state index contributed by atoms with van der Waals surface area (Å²) < 4.78 is 43.2. The van der Waals surface area contributed by atoms with Crippen molar-refractivity contribution < 1.29 is 22.7 Å². The highest BCUT2D eigenvalue weighted by atomic mass is 19.4. The first-order chi connectivity index (χ1) is 9.91. The van der Waals surface area contributed by atoms with E-state index in [1.165, 1.54) is 12.1 Å². The summed E-state index contributed by atoms with van der Waals surface area (Å²) in [6, 6.07) is 4.19. The summed E-state index contributed by atoms with van der Waals surface area (Å²) in [5.41, 5.74) is -0.832. The molecule has 2 N–H and O–H groups in total. The molecule has 1 aromatic rings. The molecule has 2 atom stereocenters. The molecule has 0 aromatic heterocycles. The molecule has 1 amide bonds. The first-order valence-corrected chi connectivity index (χ1v) is 6.63. The number of ether oxygens (including phenoxy) is 1. The summed E-state index contributed by atoms with van der Waals surface area (Å²) in [4.78, 5) is 12.1. The first kappa shape index (κ1) is 15.8. The number of carbonyl (C=O) groups excluding carboxylic acids is 1. The van der Waals surface area contributed by atoms with Gasteiger partial charge in [0.2, 0.25) is 0 Å². The van der Waals surface area contributed by atoms with Gasteiger partial charge in [-0.25, -0.2) is 0 Å². The zero-order valence-electron chi connectivity index (χ0n) is 11.5. The average Bonchev–Trinajstić information content (AvgIpc) is 2.47. The number of rotatable bonds is 3. The topological polar surface area (TPSA) is 50.4 Å². The molecule has 0 spiro atoms. The molecule has 0 bridgehead atoms. The number of piperidine rings is 1. The Morgan fingerprint density at radius 3 is 2.86 bits per heavy atom. The third kappa shape index (κ3) is 3.95. The molecule has 1 aliphatic heterocycles. The van der Waals surface area contributed by atoms with Gasteiger partial charge < -0.3 is 15.4 Å². The highest BCUT2D eigenvalue weighted by molar-refractivity contribution is 5.94. The van der Waals surface area contributed by atoms with Gasteiger partial charge in [-0.2, -0.15) is 13.2 Å². The molecule has 1 aliphatic rings. The fourth-order valence-electron chi connectivity index (χ4n) is 2.33. The molecule has 2 rings (SSSR count). The predicted molar refractivity (Wildman–Crippen MR) is 71.0 cm³/mol. The van der Waals surface area contributed by atoms with Crippen molar-refractivity contribution in [2.24, 2.45) is 0 Å². The Kier molecular flexibility index (Phi) is 4.84. The van der Waals surface area contributed by atoms with Gasteiger partial charge in [-0.15, -0.1) is 0 Å². The van der Waals surface area contributed by atoms with Crippen molar-refractivity contribution in [1.29, 1.82) is 0 Å². The Balaban J connectivity index is 2.09. The fourth-order valence-corrected chi connectivity index (χ4v) is 2.33. The third-order valence-electron chi connectivity index (χ3n) is 3.50. The van der Waals surface area contributed by atoms with Crippen molar-refractivity contribution in [2.45, 2.75) is 24.7 Å². The van der Waals surface area contributed by atoms with Gasteiger partial charge >= 0.3 is 6.18 Å². The van der Waals surface area contributed by atoms with Crippen molar-refractivity contribution in [3.63, 3.8) is 0 Å². The largest absolute Gasteiger partial charge is 0.416 e. The highest BCUT2D eigenvalue weighted by Crippen LogP contribution is 2.29. The molecule has 21 heavy (non-hydrogen) atoms. The van der Waals surface area contributed by atoms with Crippen LogP contribution in [-0.4, -0.2) is 38.3 Å². The molecule has 1 aromatic carbocycles. The number of hydrogen-bond donors (Lipinski definition) is 2. The molecule has 0 radical (unpaired) electrons. The van der Waals surface area contributed by atoms with Crippen LogP contribution in [0.15, 0.2) is 24.3 Å². The van der Waals surface area contributed by atoms with E-state index in [9.17, 15) is 18.0 Å². The minimum Gasteiger partial charge on any atom is -0.378 e. The summed E-state index contributed by atoms with van der Waals surface area (Å²) in [6.07, 6.45) is -3.97. The summed E-state index contributed by atoms with van der Waals surface area (Å²) in [6.45, 7) is 1.33. The van der Waals surface area contributed by atoms with Crippen LogP contribution in [0, 0.1) is 0 Å². The van der Waals surface area contributed by atoms with Gasteiger partial charge in [0, 0.05) is 19.2 Å². The van der Waals surface area contributed by atoms with Crippen molar-refractivity contribution in [2.75, 3.05) is 20.2 Å². The molecule has 1 fully saturated rings. The van der Waals surface area contributed by atoms with Crippen molar-refractivity contribution in [1.82, 2.24) is 10.6 Å². The lowest BCUT2D eigenvalue weighted by Gasteiger charge is -2.31. The number of nitrogens with one attached hydrogen (secondary N) is 2. The molecule has 1 heterocycles. The van der Waals surface area contributed by atoms with E-state index in [-0.39, 0.29) is 17.7 Å². The number of carbonyl (C=O) groups is 1. The van der Waals surface area contributed by atoms with Crippen LogP contribution in [0.25, 0.3) is 0 Å². The summed E-state index contributed by atoms with van der Waals surface area (Å²) >= 11 is 0. The normalized spacial score (nSPS) is 22.9. The van der Waals surface area contributed by atoms with Crippen LogP contribution < -0.4 is 10.6 Å². The Labute approximate surface area is 120 Å². The van der Waals surface area contributed by atoms with E-state index in [1.54, 1.807) is 7.11 Å². The zero-order valence-corrected chi connectivity index (χ0v) is 11.5. The fraction of sp³-hybridized carbons (Fsp3) is 0.500. The summed E-state index contributed by atoms with van der Waals surface area (Å²) in [5, 5.41) is 5.88. The van der Waals surface area contributed by atoms with Crippen molar-refractivity contribution >= 4 is 5.91 Å². The number of benzene rings is 1. The van der Waals surface area contributed by atoms with E-state index < -0.39 is 17.6 Å². The molecule has 0 aliphatic carbocycles. The van der Waals surface area contributed by atoms with Gasteiger partial charge in [0.05, 0.1) is 17.7 Å². The third-order valence-corrected chi connectivity index (χ3v) is 3.50. The number of halogens is 3. The SMILES string of the molecule is CO[C@H]1CNCC[C@@H]1NC(=O)c1cccc(C(F)(F)F)c1. The van der Waals surface area contributed by atoms with Gasteiger partial charge in [-0.05, 0) is 31.2 Å². The van der Waals surface area contributed by atoms with Crippen LogP contribution in [0.5, 0.6) is 0 Å². The quantitative estimate of drug-likeness (QED) is 0.895. The number of alkyl halides is 3. The van der Waals surface area contributed by atoms with E-state index in [0.717, 1.165) is 18.7 Å². The Morgan fingerprint density at radius 1 is 1.43 bits per heavy atom. The second-order valence-corrected chi connectivity index (χ2v) is 4.93. The van der Waals surface area contributed by atoms with E-state index in [4.69, 9.17) is 4.74 Å². The Morgan fingerprint density at radius 2 is 2.19 bits per heavy atom. The molecule has 0 saturated carbocycles. The maximum atomic E-state index is 12.6. The van der Waals surface area contributed by atoms with Gasteiger partial charge in [0.25, 0.3) is 5.91 Å². The van der Waals surface area contributed by atoms with Crippen LogP contribution >= 0.6 is 0 Å². The smallest absolute Gasteiger partial charge is 0.378 e. The van der Waals surface area contributed by atoms with Gasteiger partial charge in [-0.3, -0.25) is 4.79 Å². The lowest BCUT2D eigenvalue weighted by molar-refractivity contribution is -0.137. The first-order valence-electron chi connectivity index (χ1n) is 6.63. The molecule has 7 heteroatoms. The van der Waals surface area contributed by atoms with E-state index in [1.807, 2.05) is 0 Å². The second-order valence-electron chi connectivity index (χ2n) is 4.93. The number of amides is 1. The standard InChI is InChI=1S/C14H17F3N2O2/c1-21-12-8-18-6-5-11(12)19-13(20)9-3-2-4-10(7-9)14(15,16)17/h2-4,7,11-12,18H,5-6,8H2,1H3,(H,19,20)/t11-,12-/m0/s1. The molecule has 1 saturated heterocycles. The summed E-state index contributed by atoms with van der Waals surface area (Å²) in [7, 11) is 1.54. The molecular weight excluding hydrogens is 285 g/mol. The maximum Gasteiger partial charge on any atom is 0.416 e. The average molecular weight is 302 g/mol. The Hall–Kier alpha value is -1.60. The van der Waals surface area contributed by atoms with Crippen LogP contribution in [0.1, 0.15) is 22.3 Å². The molecule has 4 nitrogen and oxygen atoms in total. The molecular formula is C14H17F3N2O2. The monoisotopic (exact) mass is 302 g/mol. The van der Waals surface area contributed by atoms with Crippen LogP contribution in [0.3, 0.4) is 0 Å². The van der Waals surface area contributed by atoms with Gasteiger partial charge in [0.1, 0.15) is 0 Å². The lowest BCUT2D eigenvalue weighted by atomic mass is 10.0. The number of hydrogen-bond acceptors (Lipinski definition) is 3. The Bertz CT molecular complexity index is 505. The molecule has 116 valence electrons. The lowest BCUT2D eigenvalue weighted by Crippen LogP contribution is -2.53. The molecule has 0 unspecified atom stereocenters. The summed E-state index contributed by atoms with van der Waals surface area (Å²) in [5.74, 6) is -0.518. The minimum absolute atomic E-state index is 0.00166. The minimum atomic E-state index is -4.46. The van der Waals surface area contributed by atoms with Crippen LogP contribution in [0.4, 0.5) is 13.2 Å². The van der Waals surface area contributed by atoms with E-state index >= 15 is 0 Å². The van der Waals surface area contributed by atoms with Crippen molar-refractivity contribution in [3.8, 4) is 0 Å². The van der Waals surface area contributed by atoms with Crippen molar-refractivity contribution in [3.05, 3.63) is 35.4 Å².